The Morgan fingerprint density at radius 2 is 1.65 bits per heavy atom. The van der Waals surface area contributed by atoms with Crippen molar-refractivity contribution in [2.24, 2.45) is 11.5 Å². The van der Waals surface area contributed by atoms with Gasteiger partial charge in [0, 0.05) is 0 Å². The first-order valence-electron chi connectivity index (χ1n) is 7.77. The molecule has 26 heavy (non-hydrogen) atoms. The fourth-order valence-electron chi connectivity index (χ4n) is 2.22. The van der Waals surface area contributed by atoms with Crippen LogP contribution in [0.15, 0.2) is 54.6 Å². The SMILES string of the molecule is NC(=O)COC(=O)C[C@@H](NC(N)=O)c1cccc(Oc2ccccc2)c1. The third-order valence-electron chi connectivity index (χ3n) is 3.30. The smallest absolute Gasteiger partial charge is 0.312 e. The average molecular weight is 357 g/mol. The Labute approximate surface area is 150 Å². The summed E-state index contributed by atoms with van der Waals surface area (Å²) >= 11 is 0. The summed E-state index contributed by atoms with van der Waals surface area (Å²) in [7, 11) is 0. The van der Waals surface area contributed by atoms with Crippen LogP contribution in [0.25, 0.3) is 0 Å². The minimum absolute atomic E-state index is 0.217. The van der Waals surface area contributed by atoms with Crippen molar-refractivity contribution in [3.63, 3.8) is 0 Å². The quantitative estimate of drug-likeness (QED) is 0.617. The summed E-state index contributed by atoms with van der Waals surface area (Å²) in [4.78, 5) is 33.8. The minimum atomic E-state index is -0.799. The van der Waals surface area contributed by atoms with E-state index in [9.17, 15) is 14.4 Å². The van der Waals surface area contributed by atoms with Gasteiger partial charge in [0.15, 0.2) is 6.61 Å². The number of ether oxygens (including phenoxy) is 2. The van der Waals surface area contributed by atoms with Gasteiger partial charge < -0.3 is 26.3 Å². The van der Waals surface area contributed by atoms with E-state index >= 15 is 0 Å². The van der Waals surface area contributed by atoms with Gasteiger partial charge in [0.25, 0.3) is 5.91 Å². The van der Waals surface area contributed by atoms with Crippen LogP contribution in [0.2, 0.25) is 0 Å². The molecule has 0 aliphatic heterocycles. The number of esters is 1. The number of primary amides is 2. The van der Waals surface area contributed by atoms with Crippen molar-refractivity contribution in [3.8, 4) is 11.5 Å². The molecule has 5 N–H and O–H groups in total. The van der Waals surface area contributed by atoms with Crippen molar-refractivity contribution >= 4 is 17.9 Å². The van der Waals surface area contributed by atoms with E-state index < -0.39 is 30.6 Å². The highest BCUT2D eigenvalue weighted by molar-refractivity contribution is 5.80. The zero-order valence-electron chi connectivity index (χ0n) is 13.9. The fourth-order valence-corrected chi connectivity index (χ4v) is 2.22. The predicted molar refractivity (Wildman–Crippen MR) is 93.2 cm³/mol. The number of carbonyl (C=O) groups excluding carboxylic acids is 3. The van der Waals surface area contributed by atoms with E-state index in [1.165, 1.54) is 0 Å². The van der Waals surface area contributed by atoms with Gasteiger partial charge in [0.1, 0.15) is 11.5 Å². The van der Waals surface area contributed by atoms with Crippen molar-refractivity contribution in [2.75, 3.05) is 6.61 Å². The lowest BCUT2D eigenvalue weighted by Gasteiger charge is -2.18. The maximum atomic E-state index is 11.8. The third-order valence-corrected chi connectivity index (χ3v) is 3.30. The largest absolute Gasteiger partial charge is 0.457 e. The first kappa shape index (κ1) is 18.8. The molecule has 2 aromatic carbocycles. The van der Waals surface area contributed by atoms with Gasteiger partial charge in [0.2, 0.25) is 0 Å². The van der Waals surface area contributed by atoms with Crippen LogP contribution in [0.5, 0.6) is 11.5 Å². The lowest BCUT2D eigenvalue weighted by atomic mass is 10.0. The number of hydrogen-bond donors (Lipinski definition) is 3. The van der Waals surface area contributed by atoms with E-state index in [2.05, 4.69) is 5.32 Å². The molecule has 0 aliphatic carbocycles. The molecule has 0 aliphatic rings. The highest BCUT2D eigenvalue weighted by Crippen LogP contribution is 2.26. The van der Waals surface area contributed by atoms with Gasteiger partial charge in [-0.2, -0.15) is 0 Å². The normalized spacial score (nSPS) is 11.2. The van der Waals surface area contributed by atoms with E-state index in [-0.39, 0.29) is 6.42 Å². The number of hydrogen-bond acceptors (Lipinski definition) is 5. The number of nitrogens with two attached hydrogens (primary N) is 2. The molecule has 0 spiro atoms. The number of benzene rings is 2. The lowest BCUT2D eigenvalue weighted by Crippen LogP contribution is -2.35. The number of rotatable bonds is 8. The molecule has 0 radical (unpaired) electrons. The van der Waals surface area contributed by atoms with Crippen LogP contribution >= 0.6 is 0 Å². The van der Waals surface area contributed by atoms with Crippen molar-refractivity contribution < 1.29 is 23.9 Å². The molecular weight excluding hydrogens is 338 g/mol. The van der Waals surface area contributed by atoms with E-state index in [1.54, 1.807) is 36.4 Å². The van der Waals surface area contributed by atoms with E-state index in [0.717, 1.165) is 0 Å². The van der Waals surface area contributed by atoms with Crippen LogP contribution < -0.4 is 21.5 Å². The molecule has 0 saturated heterocycles. The summed E-state index contributed by atoms with van der Waals surface area (Å²) in [5, 5.41) is 2.47. The van der Waals surface area contributed by atoms with Crippen LogP contribution in [-0.2, 0) is 14.3 Å². The van der Waals surface area contributed by atoms with Crippen LogP contribution in [0.1, 0.15) is 18.0 Å². The third kappa shape index (κ3) is 6.16. The Bertz CT molecular complexity index is 779. The second-order valence-electron chi connectivity index (χ2n) is 5.38. The van der Waals surface area contributed by atoms with Gasteiger partial charge in [-0.15, -0.1) is 0 Å². The lowest BCUT2D eigenvalue weighted by molar-refractivity contribution is -0.148. The van der Waals surface area contributed by atoms with Gasteiger partial charge in [-0.1, -0.05) is 30.3 Å². The summed E-state index contributed by atoms with van der Waals surface area (Å²) in [5.74, 6) is -0.298. The van der Waals surface area contributed by atoms with Crippen molar-refractivity contribution in [3.05, 3.63) is 60.2 Å². The van der Waals surface area contributed by atoms with E-state index in [0.29, 0.717) is 17.1 Å². The van der Waals surface area contributed by atoms with Crippen LogP contribution in [0.4, 0.5) is 4.79 Å². The van der Waals surface area contributed by atoms with Gasteiger partial charge in [-0.25, -0.2) is 4.79 Å². The molecule has 0 unspecified atom stereocenters. The minimum Gasteiger partial charge on any atom is -0.457 e. The molecule has 2 aromatic rings. The molecular formula is C18H19N3O5. The highest BCUT2D eigenvalue weighted by atomic mass is 16.5. The summed E-state index contributed by atoms with van der Waals surface area (Å²) in [5.41, 5.74) is 10.7. The van der Waals surface area contributed by atoms with E-state index in [4.69, 9.17) is 20.9 Å². The van der Waals surface area contributed by atoms with Gasteiger partial charge in [0.05, 0.1) is 12.5 Å². The molecule has 0 heterocycles. The van der Waals surface area contributed by atoms with E-state index in [1.807, 2.05) is 18.2 Å². The van der Waals surface area contributed by atoms with Gasteiger partial charge in [-0.3, -0.25) is 9.59 Å². The second kappa shape index (κ2) is 9.07. The molecule has 0 aromatic heterocycles. The maximum Gasteiger partial charge on any atom is 0.312 e. The zero-order chi connectivity index (χ0) is 18.9. The number of carbonyl (C=O) groups is 3. The molecule has 8 heteroatoms. The second-order valence-corrected chi connectivity index (χ2v) is 5.38. The summed E-state index contributed by atoms with van der Waals surface area (Å²) in [6, 6.07) is 14.4. The first-order chi connectivity index (χ1) is 12.4. The maximum absolute atomic E-state index is 11.8. The molecule has 3 amide bonds. The highest BCUT2D eigenvalue weighted by Gasteiger charge is 2.19. The average Bonchev–Trinajstić information content (AvgIpc) is 2.60. The number of urea groups is 1. The summed E-state index contributed by atoms with van der Waals surface area (Å²) in [6.07, 6.45) is -0.217. The fraction of sp³-hybridized carbons (Fsp3) is 0.167. The molecule has 2 rings (SSSR count). The molecule has 0 fully saturated rings. The monoisotopic (exact) mass is 357 g/mol. The van der Waals surface area contributed by atoms with Crippen molar-refractivity contribution in [1.82, 2.24) is 5.32 Å². The number of nitrogens with one attached hydrogen (secondary N) is 1. The summed E-state index contributed by atoms with van der Waals surface area (Å²) in [6.45, 7) is -0.528. The van der Waals surface area contributed by atoms with Crippen molar-refractivity contribution in [2.45, 2.75) is 12.5 Å². The first-order valence-corrected chi connectivity index (χ1v) is 7.77. The molecule has 0 saturated carbocycles. The van der Waals surface area contributed by atoms with Crippen molar-refractivity contribution in [1.29, 1.82) is 0 Å². The Balaban J connectivity index is 2.13. The van der Waals surface area contributed by atoms with Crippen LogP contribution in [-0.4, -0.2) is 24.5 Å². The summed E-state index contributed by atoms with van der Waals surface area (Å²) < 4.78 is 10.5. The van der Waals surface area contributed by atoms with Gasteiger partial charge in [-0.05, 0) is 29.8 Å². The molecule has 1 atom stereocenters. The topological polar surface area (TPSA) is 134 Å². The standard InChI is InChI=1S/C18H19N3O5/c19-16(22)11-25-17(23)10-15(21-18(20)24)12-5-4-8-14(9-12)26-13-6-2-1-3-7-13/h1-9,15H,10-11H2,(H2,19,22)(H3,20,21,24)/t15-/m1/s1. The number of amides is 3. The van der Waals surface area contributed by atoms with Crippen LogP contribution in [0, 0.1) is 0 Å². The Morgan fingerprint density at radius 3 is 2.31 bits per heavy atom. The number of para-hydroxylation sites is 1. The Kier molecular flexibility index (Phi) is 6.55. The predicted octanol–water partition coefficient (Wildman–Crippen LogP) is 1.61. The molecule has 0 bridgehead atoms. The molecule has 8 nitrogen and oxygen atoms in total. The molecule has 136 valence electrons. The zero-order valence-corrected chi connectivity index (χ0v) is 13.9. The van der Waals surface area contributed by atoms with Crippen LogP contribution in [0.3, 0.4) is 0 Å². The van der Waals surface area contributed by atoms with Gasteiger partial charge >= 0.3 is 12.0 Å². The Morgan fingerprint density at radius 1 is 0.962 bits per heavy atom. The Hall–Kier alpha value is -3.55.